The molecular weight excluding hydrogens is 278 g/mol. The van der Waals surface area contributed by atoms with E-state index in [1.54, 1.807) is 7.11 Å². The molecule has 1 heterocycles. The van der Waals surface area contributed by atoms with E-state index in [1.165, 1.54) is 16.5 Å². The largest absolute Gasteiger partial charge is 0.383 e. The van der Waals surface area contributed by atoms with Crippen LogP contribution in [0.1, 0.15) is 18.9 Å². The second-order valence-electron chi connectivity index (χ2n) is 5.24. The third-order valence-electron chi connectivity index (χ3n) is 3.49. The van der Waals surface area contributed by atoms with E-state index in [-0.39, 0.29) is 5.54 Å². The van der Waals surface area contributed by atoms with Crippen molar-refractivity contribution in [1.82, 2.24) is 5.32 Å². The van der Waals surface area contributed by atoms with Crippen molar-refractivity contribution >= 4 is 15.9 Å². The SMILES string of the molecule is COCC1(C)CC(Cc2ccccc2Br)CN1. The van der Waals surface area contributed by atoms with Crippen LogP contribution in [0, 0.1) is 5.92 Å². The molecule has 1 aromatic rings. The molecule has 1 aromatic carbocycles. The summed E-state index contributed by atoms with van der Waals surface area (Å²) in [6.45, 7) is 4.12. The standard InChI is InChI=1S/C14H20BrNO/c1-14(10-17-2)8-11(9-16-14)7-12-5-3-4-6-13(12)15/h3-6,11,16H,7-10H2,1-2H3. The van der Waals surface area contributed by atoms with Gasteiger partial charge in [0, 0.05) is 17.1 Å². The summed E-state index contributed by atoms with van der Waals surface area (Å²) in [6.07, 6.45) is 2.32. The number of benzene rings is 1. The molecule has 1 N–H and O–H groups in total. The molecule has 1 aliphatic heterocycles. The lowest BCUT2D eigenvalue weighted by Gasteiger charge is -2.23. The molecule has 0 radical (unpaired) electrons. The summed E-state index contributed by atoms with van der Waals surface area (Å²) >= 11 is 3.62. The number of halogens is 1. The maximum Gasteiger partial charge on any atom is 0.0641 e. The van der Waals surface area contributed by atoms with Gasteiger partial charge in [0.15, 0.2) is 0 Å². The van der Waals surface area contributed by atoms with Crippen molar-refractivity contribution < 1.29 is 4.74 Å². The van der Waals surface area contributed by atoms with Crippen molar-refractivity contribution in [3.05, 3.63) is 34.3 Å². The first-order valence-electron chi connectivity index (χ1n) is 6.10. The average Bonchev–Trinajstić information content (AvgIpc) is 2.64. The van der Waals surface area contributed by atoms with Gasteiger partial charge in [-0.1, -0.05) is 34.1 Å². The fourth-order valence-corrected chi connectivity index (χ4v) is 3.17. The maximum absolute atomic E-state index is 5.28. The molecule has 2 rings (SSSR count). The van der Waals surface area contributed by atoms with Crippen molar-refractivity contribution in [3.63, 3.8) is 0 Å². The molecule has 0 spiro atoms. The first kappa shape index (κ1) is 13.1. The third-order valence-corrected chi connectivity index (χ3v) is 4.26. The molecule has 0 aromatic heterocycles. The van der Waals surface area contributed by atoms with Gasteiger partial charge in [-0.25, -0.2) is 0 Å². The van der Waals surface area contributed by atoms with Crippen LogP contribution in [0.25, 0.3) is 0 Å². The fourth-order valence-electron chi connectivity index (χ4n) is 2.72. The van der Waals surface area contributed by atoms with Crippen LogP contribution in [0.3, 0.4) is 0 Å². The number of hydrogen-bond donors (Lipinski definition) is 1. The van der Waals surface area contributed by atoms with Gasteiger partial charge in [0.2, 0.25) is 0 Å². The topological polar surface area (TPSA) is 21.3 Å². The monoisotopic (exact) mass is 297 g/mol. The highest BCUT2D eigenvalue weighted by atomic mass is 79.9. The van der Waals surface area contributed by atoms with E-state index < -0.39 is 0 Å². The predicted molar refractivity (Wildman–Crippen MR) is 74.2 cm³/mol. The van der Waals surface area contributed by atoms with Gasteiger partial charge in [-0.05, 0) is 43.9 Å². The number of rotatable bonds is 4. The van der Waals surface area contributed by atoms with E-state index in [9.17, 15) is 0 Å². The lowest BCUT2D eigenvalue weighted by atomic mass is 9.91. The van der Waals surface area contributed by atoms with Gasteiger partial charge in [0.05, 0.1) is 6.61 Å². The Morgan fingerprint density at radius 2 is 2.24 bits per heavy atom. The highest BCUT2D eigenvalue weighted by Crippen LogP contribution is 2.29. The first-order valence-corrected chi connectivity index (χ1v) is 6.90. The van der Waals surface area contributed by atoms with Gasteiger partial charge < -0.3 is 10.1 Å². The first-order chi connectivity index (χ1) is 8.13. The predicted octanol–water partition coefficient (Wildman–Crippen LogP) is 3.01. The van der Waals surface area contributed by atoms with Crippen LogP contribution in [0.4, 0.5) is 0 Å². The zero-order chi connectivity index (χ0) is 12.3. The van der Waals surface area contributed by atoms with E-state index in [2.05, 4.69) is 52.4 Å². The summed E-state index contributed by atoms with van der Waals surface area (Å²) in [5, 5.41) is 3.58. The molecule has 1 saturated heterocycles. The Kier molecular flexibility index (Phi) is 4.23. The summed E-state index contributed by atoms with van der Waals surface area (Å²) in [5.74, 6) is 0.703. The quantitative estimate of drug-likeness (QED) is 0.922. The number of ether oxygens (including phenoxy) is 1. The normalized spacial score (nSPS) is 28.5. The van der Waals surface area contributed by atoms with E-state index in [4.69, 9.17) is 4.74 Å². The summed E-state index contributed by atoms with van der Waals surface area (Å²) in [6, 6.07) is 8.49. The zero-order valence-corrected chi connectivity index (χ0v) is 12.1. The van der Waals surface area contributed by atoms with E-state index in [1.807, 2.05) is 0 Å². The Bertz CT molecular complexity index is 382. The Balaban J connectivity index is 1.96. The molecule has 2 unspecified atom stereocenters. The van der Waals surface area contributed by atoms with Gasteiger partial charge >= 0.3 is 0 Å². The van der Waals surface area contributed by atoms with Gasteiger partial charge in [-0.3, -0.25) is 0 Å². The van der Waals surface area contributed by atoms with Crippen molar-refractivity contribution in [3.8, 4) is 0 Å². The third kappa shape index (κ3) is 3.30. The second-order valence-corrected chi connectivity index (χ2v) is 6.09. The molecular formula is C14H20BrNO. The lowest BCUT2D eigenvalue weighted by Crippen LogP contribution is -2.40. The van der Waals surface area contributed by atoms with Crippen molar-refractivity contribution in [1.29, 1.82) is 0 Å². The summed E-state index contributed by atoms with van der Waals surface area (Å²) in [4.78, 5) is 0. The van der Waals surface area contributed by atoms with Crippen LogP contribution in [-0.2, 0) is 11.2 Å². The molecule has 17 heavy (non-hydrogen) atoms. The highest BCUT2D eigenvalue weighted by molar-refractivity contribution is 9.10. The minimum Gasteiger partial charge on any atom is -0.383 e. The summed E-state index contributed by atoms with van der Waals surface area (Å²) in [7, 11) is 1.77. The molecule has 1 aliphatic rings. The molecule has 2 nitrogen and oxygen atoms in total. The molecule has 0 amide bonds. The van der Waals surface area contributed by atoms with Crippen LogP contribution in [0.15, 0.2) is 28.7 Å². The number of nitrogens with one attached hydrogen (secondary N) is 1. The lowest BCUT2D eigenvalue weighted by molar-refractivity contribution is 0.128. The van der Waals surface area contributed by atoms with Crippen LogP contribution < -0.4 is 5.32 Å². The molecule has 94 valence electrons. The fraction of sp³-hybridized carbons (Fsp3) is 0.571. The number of methoxy groups -OCH3 is 1. The molecule has 0 saturated carbocycles. The van der Waals surface area contributed by atoms with Crippen LogP contribution in [0.2, 0.25) is 0 Å². The second kappa shape index (κ2) is 5.51. The minimum atomic E-state index is 0.153. The molecule has 3 heteroatoms. The smallest absolute Gasteiger partial charge is 0.0641 e. The van der Waals surface area contributed by atoms with E-state index in [0.29, 0.717) is 5.92 Å². The molecule has 2 atom stereocenters. The Morgan fingerprint density at radius 1 is 1.47 bits per heavy atom. The minimum absolute atomic E-state index is 0.153. The van der Waals surface area contributed by atoms with Gasteiger partial charge in [-0.15, -0.1) is 0 Å². The van der Waals surface area contributed by atoms with Crippen molar-refractivity contribution in [2.75, 3.05) is 20.3 Å². The van der Waals surface area contributed by atoms with Crippen LogP contribution in [-0.4, -0.2) is 25.8 Å². The van der Waals surface area contributed by atoms with Crippen LogP contribution in [0.5, 0.6) is 0 Å². The Morgan fingerprint density at radius 3 is 2.94 bits per heavy atom. The molecule has 0 aliphatic carbocycles. The Hall–Kier alpha value is -0.380. The Labute approximate surface area is 112 Å². The van der Waals surface area contributed by atoms with Crippen molar-refractivity contribution in [2.24, 2.45) is 5.92 Å². The van der Waals surface area contributed by atoms with Gasteiger partial charge in [-0.2, -0.15) is 0 Å². The summed E-state index contributed by atoms with van der Waals surface area (Å²) < 4.78 is 6.50. The molecule has 1 fully saturated rings. The van der Waals surface area contributed by atoms with Gasteiger partial charge in [0.1, 0.15) is 0 Å². The molecule has 0 bridgehead atoms. The summed E-state index contributed by atoms with van der Waals surface area (Å²) in [5.41, 5.74) is 1.56. The van der Waals surface area contributed by atoms with E-state index in [0.717, 1.165) is 19.6 Å². The highest BCUT2D eigenvalue weighted by Gasteiger charge is 2.34. The van der Waals surface area contributed by atoms with E-state index >= 15 is 0 Å². The average molecular weight is 298 g/mol. The maximum atomic E-state index is 5.28. The van der Waals surface area contributed by atoms with Gasteiger partial charge in [0.25, 0.3) is 0 Å². The zero-order valence-electron chi connectivity index (χ0n) is 10.5. The van der Waals surface area contributed by atoms with Crippen LogP contribution >= 0.6 is 15.9 Å². The number of hydrogen-bond acceptors (Lipinski definition) is 2. The van der Waals surface area contributed by atoms with Crippen molar-refractivity contribution in [2.45, 2.75) is 25.3 Å².